The highest BCUT2D eigenvalue weighted by molar-refractivity contribution is 5.75. The zero-order chi connectivity index (χ0) is 24.0. The average molecular weight is 458 g/mol. The molecule has 0 aliphatic heterocycles. The molecule has 4 rings (SSSR count). The number of allylic oxidation sites excluding steroid dienone is 1. The number of nitrogens with two attached hydrogens (primary N) is 1. The fourth-order valence-corrected chi connectivity index (χ4v) is 9.02. The minimum absolute atomic E-state index is 0.0239. The molecule has 1 unspecified atom stereocenters. The van der Waals surface area contributed by atoms with Gasteiger partial charge in [0.2, 0.25) is 0 Å². The van der Waals surface area contributed by atoms with Crippen LogP contribution in [-0.2, 0) is 9.53 Å². The maximum Gasteiger partial charge on any atom is 0.322 e. The van der Waals surface area contributed by atoms with Gasteiger partial charge in [-0.1, -0.05) is 65.5 Å². The van der Waals surface area contributed by atoms with Crippen molar-refractivity contribution in [3.8, 4) is 0 Å². The van der Waals surface area contributed by atoms with Gasteiger partial charge in [-0.2, -0.15) is 0 Å². The molecule has 0 aromatic heterocycles. The van der Waals surface area contributed by atoms with E-state index in [1.54, 1.807) is 12.5 Å². The molecule has 0 heterocycles. The summed E-state index contributed by atoms with van der Waals surface area (Å²) in [5.41, 5.74) is 8.18. The Kier molecular flexibility index (Phi) is 7.40. The summed E-state index contributed by atoms with van der Waals surface area (Å²) in [6.07, 6.45) is 16.9. The largest absolute Gasteiger partial charge is 0.461 e. The first kappa shape index (κ1) is 25.3. The lowest BCUT2D eigenvalue weighted by Gasteiger charge is -2.58. The second-order valence-corrected chi connectivity index (χ2v) is 13.4. The Balaban J connectivity index is 1.45. The third kappa shape index (κ3) is 4.69. The first-order chi connectivity index (χ1) is 15.6. The first-order valence-electron chi connectivity index (χ1n) is 14.2. The van der Waals surface area contributed by atoms with Crippen molar-refractivity contribution in [3.63, 3.8) is 0 Å². The van der Waals surface area contributed by atoms with E-state index in [0.717, 1.165) is 54.8 Å². The van der Waals surface area contributed by atoms with Gasteiger partial charge in [0.25, 0.3) is 0 Å². The number of esters is 1. The standard InChI is InChI=1S/C30H51NO2/c1-19(2)8-7-9-20(3)25-12-13-26-24-11-10-22-18-23(33-28(32)21(4)31)14-16-29(22,5)27(24)15-17-30(25,26)6/h10,19-21,23-27H,7-9,11-18,31H2,1-6H3/t20-,21+,23?,24+,25-,26+,27+,29+,30-/m1/s1. The van der Waals surface area contributed by atoms with Crippen LogP contribution in [0.4, 0.5) is 0 Å². The Morgan fingerprint density at radius 1 is 1.06 bits per heavy atom. The van der Waals surface area contributed by atoms with Gasteiger partial charge in [0, 0.05) is 6.42 Å². The second kappa shape index (κ2) is 9.67. The molecule has 33 heavy (non-hydrogen) atoms. The molecule has 188 valence electrons. The number of hydrogen-bond acceptors (Lipinski definition) is 3. The molecule has 3 heteroatoms. The molecule has 0 saturated heterocycles. The highest BCUT2D eigenvalue weighted by Crippen LogP contribution is 2.67. The van der Waals surface area contributed by atoms with Crippen LogP contribution in [0.5, 0.6) is 0 Å². The van der Waals surface area contributed by atoms with Crippen LogP contribution in [-0.4, -0.2) is 18.1 Å². The van der Waals surface area contributed by atoms with Gasteiger partial charge in [0.05, 0.1) is 0 Å². The summed E-state index contributed by atoms with van der Waals surface area (Å²) in [7, 11) is 0. The highest BCUT2D eigenvalue weighted by Gasteiger charge is 2.59. The normalized spacial score (nSPS) is 42.1. The van der Waals surface area contributed by atoms with Gasteiger partial charge in [-0.3, -0.25) is 4.79 Å². The summed E-state index contributed by atoms with van der Waals surface area (Å²) in [6, 6.07) is -0.526. The van der Waals surface area contributed by atoms with Crippen molar-refractivity contribution in [1.82, 2.24) is 0 Å². The molecule has 3 fully saturated rings. The third-order valence-corrected chi connectivity index (χ3v) is 10.9. The van der Waals surface area contributed by atoms with E-state index in [4.69, 9.17) is 10.5 Å². The van der Waals surface area contributed by atoms with Gasteiger partial charge in [0.1, 0.15) is 12.1 Å². The minimum Gasteiger partial charge on any atom is -0.461 e. The number of hydrogen-bond donors (Lipinski definition) is 1. The number of fused-ring (bicyclic) bond motifs is 5. The van der Waals surface area contributed by atoms with Gasteiger partial charge < -0.3 is 10.5 Å². The number of ether oxygens (including phenoxy) is 1. The van der Waals surface area contributed by atoms with Crippen molar-refractivity contribution >= 4 is 5.97 Å². The van der Waals surface area contributed by atoms with Crippen molar-refractivity contribution < 1.29 is 9.53 Å². The first-order valence-corrected chi connectivity index (χ1v) is 14.2. The molecule has 4 aliphatic carbocycles. The summed E-state index contributed by atoms with van der Waals surface area (Å²) in [6.45, 7) is 14.2. The zero-order valence-electron chi connectivity index (χ0n) is 22.4. The lowest BCUT2D eigenvalue weighted by Crippen LogP contribution is -2.51. The van der Waals surface area contributed by atoms with Crippen LogP contribution in [0.15, 0.2) is 11.6 Å². The fourth-order valence-electron chi connectivity index (χ4n) is 9.02. The van der Waals surface area contributed by atoms with Gasteiger partial charge in [0.15, 0.2) is 0 Å². The summed E-state index contributed by atoms with van der Waals surface area (Å²) in [5, 5.41) is 0. The number of rotatable bonds is 7. The van der Waals surface area contributed by atoms with E-state index < -0.39 is 6.04 Å². The van der Waals surface area contributed by atoms with Crippen LogP contribution < -0.4 is 5.73 Å². The van der Waals surface area contributed by atoms with Crippen LogP contribution in [0.1, 0.15) is 112 Å². The molecule has 0 amide bonds. The van der Waals surface area contributed by atoms with E-state index in [9.17, 15) is 4.79 Å². The summed E-state index contributed by atoms with van der Waals surface area (Å²) >= 11 is 0. The molecule has 0 aromatic rings. The molecule has 2 N–H and O–H groups in total. The maximum atomic E-state index is 12.1. The van der Waals surface area contributed by atoms with Crippen molar-refractivity contribution in [3.05, 3.63) is 11.6 Å². The Hall–Kier alpha value is -0.830. The molecule has 0 bridgehead atoms. The molecule has 0 radical (unpaired) electrons. The SMILES string of the molecule is CC(C)CCC[C@@H](C)[C@H]1CC[C@H]2[C@@H]3CC=C4CC(OC(=O)[C@H](C)N)CC[C@]4(C)[C@H]3CC[C@]12C. The topological polar surface area (TPSA) is 52.3 Å². The van der Waals surface area contributed by atoms with Crippen molar-refractivity contribution in [2.24, 2.45) is 52.1 Å². The quantitative estimate of drug-likeness (QED) is 0.322. The third-order valence-electron chi connectivity index (χ3n) is 10.9. The summed E-state index contributed by atoms with van der Waals surface area (Å²) in [4.78, 5) is 12.1. The van der Waals surface area contributed by atoms with Crippen molar-refractivity contribution in [1.29, 1.82) is 0 Å². The average Bonchev–Trinajstić information content (AvgIpc) is 3.11. The lowest BCUT2D eigenvalue weighted by molar-refractivity contribution is -0.152. The van der Waals surface area contributed by atoms with Gasteiger partial charge in [-0.25, -0.2) is 0 Å². The van der Waals surface area contributed by atoms with E-state index in [2.05, 4.69) is 40.7 Å². The predicted molar refractivity (Wildman–Crippen MR) is 137 cm³/mol. The highest BCUT2D eigenvalue weighted by atomic mass is 16.5. The molecule has 4 aliphatic rings. The van der Waals surface area contributed by atoms with Crippen LogP contribution in [0, 0.1) is 46.3 Å². The van der Waals surface area contributed by atoms with Crippen LogP contribution in [0.3, 0.4) is 0 Å². The van der Waals surface area contributed by atoms with Crippen molar-refractivity contribution in [2.45, 2.75) is 124 Å². The van der Waals surface area contributed by atoms with Gasteiger partial charge in [-0.15, -0.1) is 0 Å². The molecule has 9 atom stereocenters. The summed E-state index contributed by atoms with van der Waals surface area (Å²) in [5.74, 6) is 4.95. The minimum atomic E-state index is -0.526. The van der Waals surface area contributed by atoms with Crippen LogP contribution >= 0.6 is 0 Å². The lowest BCUT2D eigenvalue weighted by atomic mass is 9.47. The molecular formula is C30H51NO2. The second-order valence-electron chi connectivity index (χ2n) is 13.4. The van der Waals surface area contributed by atoms with Gasteiger partial charge >= 0.3 is 5.97 Å². The van der Waals surface area contributed by atoms with E-state index in [0.29, 0.717) is 10.8 Å². The molecule has 0 aromatic carbocycles. The van der Waals surface area contributed by atoms with E-state index in [1.165, 1.54) is 51.4 Å². The van der Waals surface area contributed by atoms with Crippen LogP contribution in [0.25, 0.3) is 0 Å². The fraction of sp³-hybridized carbons (Fsp3) is 0.900. The maximum absolute atomic E-state index is 12.1. The molecule has 3 saturated carbocycles. The molecular weight excluding hydrogens is 406 g/mol. The Morgan fingerprint density at radius 2 is 1.82 bits per heavy atom. The van der Waals surface area contributed by atoms with E-state index in [1.807, 2.05) is 0 Å². The smallest absolute Gasteiger partial charge is 0.322 e. The van der Waals surface area contributed by atoms with E-state index in [-0.39, 0.29) is 12.1 Å². The Labute approximate surface area is 203 Å². The number of carbonyl (C=O) groups excluding carboxylic acids is 1. The molecule has 3 nitrogen and oxygen atoms in total. The number of carbonyl (C=O) groups is 1. The Bertz CT molecular complexity index is 742. The monoisotopic (exact) mass is 457 g/mol. The van der Waals surface area contributed by atoms with Crippen LogP contribution in [0.2, 0.25) is 0 Å². The van der Waals surface area contributed by atoms with E-state index >= 15 is 0 Å². The summed E-state index contributed by atoms with van der Waals surface area (Å²) < 4.78 is 5.75. The molecule has 0 spiro atoms. The van der Waals surface area contributed by atoms with Crippen molar-refractivity contribution in [2.75, 3.05) is 0 Å². The Morgan fingerprint density at radius 3 is 2.52 bits per heavy atom. The zero-order valence-corrected chi connectivity index (χ0v) is 22.4. The van der Waals surface area contributed by atoms with Gasteiger partial charge in [-0.05, 0) is 98.2 Å². The predicted octanol–water partition coefficient (Wildman–Crippen LogP) is 7.29.